The quantitative estimate of drug-likeness (QED) is 0.798. The summed E-state index contributed by atoms with van der Waals surface area (Å²) in [6, 6.07) is 6.28. The van der Waals surface area contributed by atoms with Crippen molar-refractivity contribution in [2.24, 2.45) is 0 Å². The summed E-state index contributed by atoms with van der Waals surface area (Å²) in [5, 5.41) is 0.766. The highest BCUT2D eigenvalue weighted by Crippen LogP contribution is 2.21. The fourth-order valence-electron chi connectivity index (χ4n) is 1.72. The van der Waals surface area contributed by atoms with Gasteiger partial charge in [0.1, 0.15) is 0 Å². The fourth-order valence-corrected chi connectivity index (χ4v) is 1.97. The van der Waals surface area contributed by atoms with E-state index in [1.807, 2.05) is 18.2 Å². The van der Waals surface area contributed by atoms with E-state index >= 15 is 0 Å². The minimum absolute atomic E-state index is 0.536. The molecular weight excluding hydrogens is 220 g/mol. The van der Waals surface area contributed by atoms with Crippen molar-refractivity contribution in [2.75, 3.05) is 12.3 Å². The maximum Gasteiger partial charge on any atom is 0.0471 e. The molecule has 1 aromatic carbocycles. The van der Waals surface area contributed by atoms with Crippen molar-refractivity contribution in [1.29, 1.82) is 0 Å². The van der Waals surface area contributed by atoms with Gasteiger partial charge < -0.3 is 5.73 Å². The van der Waals surface area contributed by atoms with E-state index in [-0.39, 0.29) is 0 Å². The van der Waals surface area contributed by atoms with Crippen LogP contribution < -0.4 is 5.73 Å². The fraction of sp³-hybridized carbons (Fsp3) is 0.538. The lowest BCUT2D eigenvalue weighted by atomic mass is 10.1. The first-order chi connectivity index (χ1) is 7.54. The molecule has 0 aliphatic heterocycles. The smallest absolute Gasteiger partial charge is 0.0471 e. The number of nitrogens with zero attached hydrogens (tertiary/aromatic N) is 1. The van der Waals surface area contributed by atoms with Gasteiger partial charge in [-0.05, 0) is 44.5 Å². The molecule has 0 saturated carbocycles. The standard InChI is InChI=1S/C13H21ClN2/c1-4-7-16(10(2)3)9-11-5-6-12(15)8-13(11)14/h5-6,8,10H,4,7,9,15H2,1-3H3. The lowest BCUT2D eigenvalue weighted by Gasteiger charge is -2.26. The van der Waals surface area contributed by atoms with Gasteiger partial charge in [-0.1, -0.05) is 24.6 Å². The summed E-state index contributed by atoms with van der Waals surface area (Å²) < 4.78 is 0. The van der Waals surface area contributed by atoms with Crippen LogP contribution in [0.5, 0.6) is 0 Å². The third-order valence-electron chi connectivity index (χ3n) is 2.69. The lowest BCUT2D eigenvalue weighted by Crippen LogP contribution is -2.31. The van der Waals surface area contributed by atoms with Gasteiger partial charge in [-0.3, -0.25) is 4.90 Å². The van der Waals surface area contributed by atoms with Crippen LogP contribution in [0.4, 0.5) is 5.69 Å². The van der Waals surface area contributed by atoms with E-state index in [4.69, 9.17) is 17.3 Å². The van der Waals surface area contributed by atoms with Crippen molar-refractivity contribution < 1.29 is 0 Å². The molecule has 1 rings (SSSR count). The van der Waals surface area contributed by atoms with Crippen LogP contribution in [0.1, 0.15) is 32.8 Å². The molecule has 0 unspecified atom stereocenters. The molecule has 2 nitrogen and oxygen atoms in total. The van der Waals surface area contributed by atoms with Crippen molar-refractivity contribution in [3.05, 3.63) is 28.8 Å². The molecule has 0 aromatic heterocycles. The van der Waals surface area contributed by atoms with Gasteiger partial charge in [-0.15, -0.1) is 0 Å². The summed E-state index contributed by atoms with van der Waals surface area (Å²) in [6.07, 6.45) is 1.16. The number of rotatable bonds is 5. The maximum absolute atomic E-state index is 6.17. The summed E-state index contributed by atoms with van der Waals surface area (Å²) in [5.41, 5.74) is 7.55. The number of hydrogen-bond acceptors (Lipinski definition) is 2. The first kappa shape index (κ1) is 13.3. The van der Waals surface area contributed by atoms with Crippen LogP contribution in [0.3, 0.4) is 0 Å². The Kier molecular flexibility index (Phi) is 5.10. The summed E-state index contributed by atoms with van der Waals surface area (Å²) >= 11 is 6.17. The molecular formula is C13H21ClN2. The topological polar surface area (TPSA) is 29.3 Å². The molecule has 0 fully saturated rings. The number of anilines is 1. The zero-order valence-corrected chi connectivity index (χ0v) is 11.1. The summed E-state index contributed by atoms with van der Waals surface area (Å²) in [7, 11) is 0. The molecule has 1 aromatic rings. The van der Waals surface area contributed by atoms with Crippen LogP contribution in [0.2, 0.25) is 5.02 Å². The Balaban J connectivity index is 2.77. The van der Waals surface area contributed by atoms with Crippen molar-refractivity contribution in [2.45, 2.75) is 39.8 Å². The molecule has 0 saturated heterocycles. The molecule has 0 radical (unpaired) electrons. The molecule has 0 heterocycles. The summed E-state index contributed by atoms with van der Waals surface area (Å²) in [6.45, 7) is 8.60. The molecule has 0 spiro atoms. The number of nitrogen functional groups attached to an aromatic ring is 1. The van der Waals surface area contributed by atoms with Crippen LogP contribution in [0.25, 0.3) is 0 Å². The van der Waals surface area contributed by atoms with E-state index in [9.17, 15) is 0 Å². The SMILES string of the molecule is CCCN(Cc1ccc(N)cc1Cl)C(C)C. The molecule has 0 aliphatic carbocycles. The van der Waals surface area contributed by atoms with Gasteiger partial charge in [-0.25, -0.2) is 0 Å². The molecule has 0 amide bonds. The average Bonchev–Trinajstić information content (AvgIpc) is 2.20. The summed E-state index contributed by atoms with van der Waals surface area (Å²) in [5.74, 6) is 0. The average molecular weight is 241 g/mol. The van der Waals surface area contributed by atoms with Gasteiger partial charge in [0.05, 0.1) is 0 Å². The second-order valence-electron chi connectivity index (χ2n) is 4.42. The second-order valence-corrected chi connectivity index (χ2v) is 4.82. The molecule has 3 heteroatoms. The van der Waals surface area contributed by atoms with Gasteiger partial charge >= 0.3 is 0 Å². The van der Waals surface area contributed by atoms with Crippen molar-refractivity contribution >= 4 is 17.3 Å². The second kappa shape index (κ2) is 6.12. The zero-order chi connectivity index (χ0) is 12.1. The summed E-state index contributed by atoms with van der Waals surface area (Å²) in [4.78, 5) is 2.41. The van der Waals surface area contributed by atoms with Crippen molar-refractivity contribution in [1.82, 2.24) is 4.90 Å². The lowest BCUT2D eigenvalue weighted by molar-refractivity contribution is 0.213. The normalized spacial score (nSPS) is 11.4. The Morgan fingerprint density at radius 3 is 2.56 bits per heavy atom. The third-order valence-corrected chi connectivity index (χ3v) is 3.04. The van der Waals surface area contributed by atoms with E-state index < -0.39 is 0 Å². The van der Waals surface area contributed by atoms with E-state index in [0.29, 0.717) is 6.04 Å². The van der Waals surface area contributed by atoms with Gasteiger partial charge in [0.2, 0.25) is 0 Å². The minimum atomic E-state index is 0.536. The monoisotopic (exact) mass is 240 g/mol. The van der Waals surface area contributed by atoms with Gasteiger partial charge in [0.25, 0.3) is 0 Å². The largest absolute Gasteiger partial charge is 0.399 e. The predicted octanol–water partition coefficient (Wildman–Crippen LogP) is 3.54. The molecule has 90 valence electrons. The molecule has 0 atom stereocenters. The molecule has 16 heavy (non-hydrogen) atoms. The van der Waals surface area contributed by atoms with E-state index in [0.717, 1.165) is 35.8 Å². The Morgan fingerprint density at radius 2 is 2.06 bits per heavy atom. The highest BCUT2D eigenvalue weighted by Gasteiger charge is 2.10. The van der Waals surface area contributed by atoms with Gasteiger partial charge in [0.15, 0.2) is 0 Å². The number of benzene rings is 1. The predicted molar refractivity (Wildman–Crippen MR) is 71.7 cm³/mol. The minimum Gasteiger partial charge on any atom is -0.399 e. The Morgan fingerprint density at radius 1 is 1.38 bits per heavy atom. The first-order valence-electron chi connectivity index (χ1n) is 5.82. The third kappa shape index (κ3) is 3.69. The van der Waals surface area contributed by atoms with Gasteiger partial charge in [0, 0.05) is 23.3 Å². The number of hydrogen-bond donors (Lipinski definition) is 1. The molecule has 0 aliphatic rings. The van der Waals surface area contributed by atoms with Crippen LogP contribution in [0.15, 0.2) is 18.2 Å². The van der Waals surface area contributed by atoms with Crippen LogP contribution in [0, 0.1) is 0 Å². The van der Waals surface area contributed by atoms with Crippen molar-refractivity contribution in [3.8, 4) is 0 Å². The van der Waals surface area contributed by atoms with Gasteiger partial charge in [-0.2, -0.15) is 0 Å². The first-order valence-corrected chi connectivity index (χ1v) is 6.20. The highest BCUT2D eigenvalue weighted by atomic mass is 35.5. The van der Waals surface area contributed by atoms with Crippen LogP contribution in [-0.2, 0) is 6.54 Å². The Hall–Kier alpha value is -0.730. The van der Waals surface area contributed by atoms with Crippen LogP contribution in [-0.4, -0.2) is 17.5 Å². The Labute approximate surface area is 103 Å². The van der Waals surface area contributed by atoms with E-state index in [2.05, 4.69) is 25.7 Å². The number of nitrogens with two attached hydrogens (primary N) is 1. The van der Waals surface area contributed by atoms with Crippen LogP contribution >= 0.6 is 11.6 Å². The maximum atomic E-state index is 6.17. The van der Waals surface area contributed by atoms with Crippen molar-refractivity contribution in [3.63, 3.8) is 0 Å². The molecule has 0 bridgehead atoms. The van der Waals surface area contributed by atoms with E-state index in [1.165, 1.54) is 0 Å². The molecule has 2 N–H and O–H groups in total. The Bertz CT molecular complexity index is 337. The van der Waals surface area contributed by atoms with E-state index in [1.54, 1.807) is 0 Å². The zero-order valence-electron chi connectivity index (χ0n) is 10.3. The highest BCUT2D eigenvalue weighted by molar-refractivity contribution is 6.31. The number of halogens is 1.